The molecular formula is C34H37ClN6O3. The summed E-state index contributed by atoms with van der Waals surface area (Å²) in [7, 11) is 3.85. The number of hydrogen-bond acceptors (Lipinski definition) is 8. The second-order valence-electron chi connectivity index (χ2n) is 10.8. The van der Waals surface area contributed by atoms with Gasteiger partial charge in [-0.05, 0) is 75.8 Å². The molecule has 0 atom stereocenters. The minimum atomic E-state index is -0.295. The van der Waals surface area contributed by atoms with Gasteiger partial charge in [-0.2, -0.15) is 5.26 Å². The summed E-state index contributed by atoms with van der Waals surface area (Å²) in [5, 5.41) is 17.4. The van der Waals surface area contributed by atoms with Crippen LogP contribution < -0.4 is 20.1 Å². The summed E-state index contributed by atoms with van der Waals surface area (Å²) < 4.78 is 11.9. The quantitative estimate of drug-likeness (QED) is 0.160. The standard InChI is InChI=1S/C34H37ClN6O3/c1-7-43-32-18-29-25(17-30(32)40-33(42)9-8-14-41(5)6)34(26(19-36)22(4)38-29)39-24-10-11-31(27(35)16-24)44-20-23-12-13-37-28(15-23)21(2)3/h8-13,15-18,21H,7,14,20H2,1-6H3,(H,38,39)(H,40,42)/b9-8+. The van der Waals surface area contributed by atoms with E-state index in [0.717, 1.165) is 11.3 Å². The number of nitrogens with zero attached hydrogens (tertiary/aromatic N) is 4. The lowest BCUT2D eigenvalue weighted by atomic mass is 10.0. The van der Waals surface area contributed by atoms with Crippen molar-refractivity contribution in [2.24, 2.45) is 0 Å². The molecule has 0 aliphatic heterocycles. The predicted molar refractivity (Wildman–Crippen MR) is 176 cm³/mol. The van der Waals surface area contributed by atoms with Crippen molar-refractivity contribution in [3.63, 3.8) is 0 Å². The zero-order chi connectivity index (χ0) is 31.8. The molecule has 228 valence electrons. The molecule has 4 aromatic rings. The fraction of sp³-hybridized carbons (Fsp3) is 0.294. The number of carbonyl (C=O) groups is 1. The van der Waals surface area contributed by atoms with Crippen LogP contribution in [0.1, 0.15) is 49.2 Å². The van der Waals surface area contributed by atoms with Gasteiger partial charge in [-0.15, -0.1) is 0 Å². The van der Waals surface area contributed by atoms with Crippen LogP contribution in [0.25, 0.3) is 10.9 Å². The summed E-state index contributed by atoms with van der Waals surface area (Å²) in [6, 6.07) is 15.1. The molecule has 0 unspecified atom stereocenters. The Bertz CT molecular complexity index is 1730. The first-order valence-electron chi connectivity index (χ1n) is 14.4. The average Bonchev–Trinajstić information content (AvgIpc) is 2.97. The maximum absolute atomic E-state index is 12.7. The van der Waals surface area contributed by atoms with Crippen LogP contribution >= 0.6 is 11.6 Å². The van der Waals surface area contributed by atoms with Crippen molar-refractivity contribution in [1.29, 1.82) is 5.26 Å². The highest BCUT2D eigenvalue weighted by Crippen LogP contribution is 2.38. The van der Waals surface area contributed by atoms with Crippen molar-refractivity contribution >= 4 is 45.5 Å². The minimum Gasteiger partial charge on any atom is -0.492 e. The molecule has 0 saturated carbocycles. The molecule has 44 heavy (non-hydrogen) atoms. The number of aromatic nitrogens is 2. The van der Waals surface area contributed by atoms with E-state index in [-0.39, 0.29) is 5.91 Å². The molecule has 0 bridgehead atoms. The minimum absolute atomic E-state index is 0.295. The molecule has 0 radical (unpaired) electrons. The molecule has 9 nitrogen and oxygen atoms in total. The molecule has 2 N–H and O–H groups in total. The number of halogens is 1. The van der Waals surface area contributed by atoms with E-state index in [1.165, 1.54) is 6.08 Å². The summed E-state index contributed by atoms with van der Waals surface area (Å²) in [6.45, 7) is 9.22. The van der Waals surface area contributed by atoms with Crippen molar-refractivity contribution in [3.05, 3.63) is 88.4 Å². The van der Waals surface area contributed by atoms with Gasteiger partial charge in [-0.3, -0.25) is 14.8 Å². The number of nitriles is 1. The highest BCUT2D eigenvalue weighted by Gasteiger charge is 2.18. The number of amides is 1. The van der Waals surface area contributed by atoms with Crippen LogP contribution in [0.5, 0.6) is 11.5 Å². The Morgan fingerprint density at radius 2 is 1.93 bits per heavy atom. The molecule has 0 aliphatic rings. The molecule has 0 saturated heterocycles. The number of nitrogens with one attached hydrogen (secondary N) is 2. The Hall–Kier alpha value is -4.65. The Balaban J connectivity index is 1.65. The van der Waals surface area contributed by atoms with Gasteiger partial charge in [0, 0.05) is 41.7 Å². The number of pyridine rings is 2. The lowest BCUT2D eigenvalue weighted by Gasteiger charge is -2.17. The highest BCUT2D eigenvalue weighted by atomic mass is 35.5. The van der Waals surface area contributed by atoms with Crippen molar-refractivity contribution < 1.29 is 14.3 Å². The van der Waals surface area contributed by atoms with E-state index in [9.17, 15) is 10.1 Å². The third kappa shape index (κ3) is 8.04. The molecule has 2 aromatic heterocycles. The molecule has 0 aliphatic carbocycles. The fourth-order valence-electron chi connectivity index (χ4n) is 4.50. The molecule has 10 heteroatoms. The molecule has 1 amide bonds. The monoisotopic (exact) mass is 612 g/mol. The number of rotatable bonds is 12. The van der Waals surface area contributed by atoms with Gasteiger partial charge in [0.25, 0.3) is 0 Å². The van der Waals surface area contributed by atoms with Crippen LogP contribution in [0.2, 0.25) is 5.02 Å². The average molecular weight is 613 g/mol. The molecule has 4 rings (SSSR count). The maximum atomic E-state index is 12.7. The number of anilines is 3. The molecule has 0 fully saturated rings. The van der Waals surface area contributed by atoms with Crippen LogP contribution in [0.15, 0.2) is 60.8 Å². The van der Waals surface area contributed by atoms with Gasteiger partial charge in [-0.25, -0.2) is 0 Å². The van der Waals surface area contributed by atoms with Gasteiger partial charge in [0.1, 0.15) is 24.2 Å². The first-order valence-corrected chi connectivity index (χ1v) is 14.7. The largest absolute Gasteiger partial charge is 0.492 e. The summed E-state index contributed by atoms with van der Waals surface area (Å²) in [4.78, 5) is 23.7. The number of hydrogen-bond donors (Lipinski definition) is 2. The fourth-order valence-corrected chi connectivity index (χ4v) is 4.73. The summed E-state index contributed by atoms with van der Waals surface area (Å²) in [6.07, 6.45) is 5.04. The maximum Gasteiger partial charge on any atom is 0.248 e. The molecule has 0 spiro atoms. The van der Waals surface area contributed by atoms with Crippen LogP contribution in [-0.2, 0) is 11.4 Å². The number of ether oxygens (including phenoxy) is 2. The van der Waals surface area contributed by atoms with Crippen molar-refractivity contribution in [1.82, 2.24) is 14.9 Å². The molecule has 2 heterocycles. The van der Waals surface area contributed by atoms with Crippen LogP contribution in [0.3, 0.4) is 0 Å². The Kier molecular flexibility index (Phi) is 10.8. The number of aryl methyl sites for hydroxylation is 1. The van der Waals surface area contributed by atoms with Gasteiger partial charge in [0.15, 0.2) is 0 Å². The normalized spacial score (nSPS) is 11.3. The second-order valence-corrected chi connectivity index (χ2v) is 11.2. The number of likely N-dealkylation sites (N-methyl/N-ethyl adjacent to an activating group) is 1. The van der Waals surface area contributed by atoms with Crippen LogP contribution in [-0.4, -0.2) is 48.0 Å². The van der Waals surface area contributed by atoms with Gasteiger partial charge in [0.05, 0.1) is 39.8 Å². The third-order valence-corrected chi connectivity index (χ3v) is 7.00. The second kappa shape index (κ2) is 14.7. The lowest BCUT2D eigenvalue weighted by Crippen LogP contribution is -2.13. The smallest absolute Gasteiger partial charge is 0.248 e. The van der Waals surface area contributed by atoms with Gasteiger partial charge < -0.3 is 25.0 Å². The van der Waals surface area contributed by atoms with Crippen LogP contribution in [0.4, 0.5) is 17.1 Å². The van der Waals surface area contributed by atoms with Crippen LogP contribution in [0, 0.1) is 18.3 Å². The third-order valence-electron chi connectivity index (χ3n) is 6.71. The first-order chi connectivity index (χ1) is 21.1. The molecular weight excluding hydrogens is 576 g/mol. The Labute approximate surface area is 263 Å². The van der Waals surface area contributed by atoms with Gasteiger partial charge >= 0.3 is 0 Å². The Morgan fingerprint density at radius 3 is 2.61 bits per heavy atom. The SMILES string of the molecule is CCOc1cc2nc(C)c(C#N)c(Nc3ccc(OCc4ccnc(C(C)C)c4)c(Cl)c3)c2cc1NC(=O)/C=C/CN(C)C. The zero-order valence-corrected chi connectivity index (χ0v) is 26.6. The van der Waals surface area contributed by atoms with E-state index in [2.05, 4.69) is 40.5 Å². The van der Waals surface area contributed by atoms with E-state index in [1.807, 2.05) is 44.1 Å². The van der Waals surface area contributed by atoms with E-state index >= 15 is 0 Å². The van der Waals surface area contributed by atoms with E-state index in [4.69, 9.17) is 21.1 Å². The van der Waals surface area contributed by atoms with E-state index < -0.39 is 0 Å². The van der Waals surface area contributed by atoms with Crippen molar-refractivity contribution in [3.8, 4) is 17.6 Å². The number of benzene rings is 2. The van der Waals surface area contributed by atoms with E-state index in [1.54, 1.807) is 43.5 Å². The number of carbonyl (C=O) groups excluding carboxylic acids is 1. The summed E-state index contributed by atoms with van der Waals surface area (Å²) in [5.74, 6) is 1.04. The first kappa shape index (κ1) is 32.3. The Morgan fingerprint density at radius 1 is 1.14 bits per heavy atom. The summed E-state index contributed by atoms with van der Waals surface area (Å²) >= 11 is 6.64. The van der Waals surface area contributed by atoms with Gasteiger partial charge in [-0.1, -0.05) is 31.5 Å². The lowest BCUT2D eigenvalue weighted by molar-refractivity contribution is -0.111. The van der Waals surface area contributed by atoms with Gasteiger partial charge in [0.2, 0.25) is 5.91 Å². The highest BCUT2D eigenvalue weighted by molar-refractivity contribution is 6.32. The zero-order valence-electron chi connectivity index (χ0n) is 25.9. The number of fused-ring (bicyclic) bond motifs is 1. The predicted octanol–water partition coefficient (Wildman–Crippen LogP) is 7.36. The van der Waals surface area contributed by atoms with E-state index in [0.29, 0.717) is 81.4 Å². The summed E-state index contributed by atoms with van der Waals surface area (Å²) in [5.41, 5.74) is 5.20. The van der Waals surface area contributed by atoms with Crippen molar-refractivity contribution in [2.75, 3.05) is 37.9 Å². The molecule has 2 aromatic carbocycles. The topological polar surface area (TPSA) is 112 Å². The van der Waals surface area contributed by atoms with Crippen molar-refractivity contribution in [2.45, 2.75) is 40.2 Å².